The molecule has 0 aromatic heterocycles. The molecule has 0 radical (unpaired) electrons. The number of ether oxygens (including phenoxy) is 2. The fraction of sp³-hybridized carbons (Fsp3) is 0.375. The molecular formula is C24H28N2O5. The molecule has 1 atom stereocenters. The van der Waals surface area contributed by atoms with E-state index in [4.69, 9.17) is 9.47 Å². The van der Waals surface area contributed by atoms with Crippen molar-refractivity contribution in [1.29, 1.82) is 0 Å². The fourth-order valence-corrected chi connectivity index (χ4v) is 3.36. The van der Waals surface area contributed by atoms with Crippen LogP contribution in [0.4, 0.5) is 10.5 Å². The van der Waals surface area contributed by atoms with Gasteiger partial charge in [-0.15, -0.1) is 0 Å². The van der Waals surface area contributed by atoms with E-state index in [2.05, 4.69) is 5.32 Å². The Morgan fingerprint density at radius 3 is 2.48 bits per heavy atom. The van der Waals surface area contributed by atoms with E-state index >= 15 is 0 Å². The molecule has 164 valence electrons. The predicted molar refractivity (Wildman–Crippen MR) is 117 cm³/mol. The Morgan fingerprint density at radius 2 is 1.84 bits per heavy atom. The van der Waals surface area contributed by atoms with Crippen LogP contribution in [0.25, 0.3) is 0 Å². The van der Waals surface area contributed by atoms with E-state index in [-0.39, 0.29) is 25.0 Å². The molecular weight excluding hydrogens is 396 g/mol. The normalized spacial score (nSPS) is 16.2. The second-order valence-corrected chi connectivity index (χ2v) is 8.61. The van der Waals surface area contributed by atoms with Gasteiger partial charge in [0.2, 0.25) is 5.91 Å². The Labute approximate surface area is 182 Å². The maximum absolute atomic E-state index is 12.5. The smallest absolute Gasteiger partial charge is 0.407 e. The van der Waals surface area contributed by atoms with Crippen molar-refractivity contribution < 1.29 is 23.9 Å². The molecule has 2 aromatic carbocycles. The molecule has 1 aliphatic heterocycles. The molecule has 31 heavy (non-hydrogen) atoms. The number of aryl methyl sites for hydroxylation is 1. The molecule has 0 spiro atoms. The molecule has 3 rings (SSSR count). The SMILES string of the molecule is Cc1cc(N2C[C@H](NC(=O)OCc3ccccc3)CC2=O)ccc1C(=O)OC(C)(C)C. The van der Waals surface area contributed by atoms with Gasteiger partial charge < -0.3 is 19.7 Å². The Balaban J connectivity index is 1.59. The third-order valence-corrected chi connectivity index (χ3v) is 4.80. The van der Waals surface area contributed by atoms with Crippen molar-refractivity contribution in [2.45, 2.75) is 52.4 Å². The number of carbonyl (C=O) groups is 3. The van der Waals surface area contributed by atoms with Crippen molar-refractivity contribution >= 4 is 23.7 Å². The summed E-state index contributed by atoms with van der Waals surface area (Å²) in [6.45, 7) is 7.76. The van der Waals surface area contributed by atoms with Crippen molar-refractivity contribution in [2.24, 2.45) is 0 Å². The van der Waals surface area contributed by atoms with E-state index in [1.165, 1.54) is 0 Å². The number of nitrogens with zero attached hydrogens (tertiary/aromatic N) is 1. The van der Waals surface area contributed by atoms with Crippen molar-refractivity contribution in [1.82, 2.24) is 5.32 Å². The van der Waals surface area contributed by atoms with Gasteiger partial charge in [0.1, 0.15) is 12.2 Å². The van der Waals surface area contributed by atoms with Crippen LogP contribution in [-0.4, -0.2) is 36.2 Å². The van der Waals surface area contributed by atoms with Gasteiger partial charge in [0, 0.05) is 18.7 Å². The molecule has 0 saturated carbocycles. The lowest BCUT2D eigenvalue weighted by Gasteiger charge is -2.21. The maximum Gasteiger partial charge on any atom is 0.407 e. The first-order valence-corrected chi connectivity index (χ1v) is 10.2. The summed E-state index contributed by atoms with van der Waals surface area (Å²) in [6, 6.07) is 14.2. The highest BCUT2D eigenvalue weighted by Gasteiger charge is 2.32. The standard InChI is InChI=1S/C24H28N2O5/c1-16-12-19(10-11-20(16)22(28)31-24(2,3)4)26-14-18(13-21(26)27)25-23(29)30-15-17-8-6-5-7-9-17/h5-12,18H,13-15H2,1-4H3,(H,25,29)/t18-/m1/s1. The van der Waals surface area contributed by atoms with Gasteiger partial charge in [0.25, 0.3) is 0 Å². The van der Waals surface area contributed by atoms with Crippen molar-refractivity contribution in [3.05, 3.63) is 65.2 Å². The number of anilines is 1. The zero-order chi connectivity index (χ0) is 22.6. The van der Waals surface area contributed by atoms with E-state index in [1.54, 1.807) is 30.0 Å². The number of benzene rings is 2. The molecule has 0 bridgehead atoms. The number of amides is 2. The largest absolute Gasteiger partial charge is 0.456 e. The second kappa shape index (κ2) is 9.20. The first-order chi connectivity index (χ1) is 14.6. The fourth-order valence-electron chi connectivity index (χ4n) is 3.36. The Bertz CT molecular complexity index is 966. The highest BCUT2D eigenvalue weighted by molar-refractivity contribution is 5.98. The van der Waals surface area contributed by atoms with Crippen LogP contribution in [0.1, 0.15) is 48.7 Å². The summed E-state index contributed by atoms with van der Waals surface area (Å²) in [5, 5.41) is 2.75. The molecule has 7 heteroatoms. The molecule has 1 heterocycles. The van der Waals surface area contributed by atoms with Gasteiger partial charge >= 0.3 is 12.1 Å². The van der Waals surface area contributed by atoms with Gasteiger partial charge in [-0.25, -0.2) is 9.59 Å². The monoisotopic (exact) mass is 424 g/mol. The molecule has 1 saturated heterocycles. The lowest BCUT2D eigenvalue weighted by Crippen LogP contribution is -2.37. The second-order valence-electron chi connectivity index (χ2n) is 8.61. The van der Waals surface area contributed by atoms with E-state index in [0.29, 0.717) is 17.8 Å². The highest BCUT2D eigenvalue weighted by atomic mass is 16.6. The van der Waals surface area contributed by atoms with Crippen LogP contribution in [0.15, 0.2) is 48.5 Å². The van der Waals surface area contributed by atoms with Crippen LogP contribution in [0.2, 0.25) is 0 Å². The minimum absolute atomic E-state index is 0.0993. The van der Waals surface area contributed by atoms with Gasteiger partial charge in [0.05, 0.1) is 11.6 Å². The van der Waals surface area contributed by atoms with E-state index in [0.717, 1.165) is 11.1 Å². The molecule has 1 fully saturated rings. The molecule has 1 N–H and O–H groups in total. The third kappa shape index (κ3) is 6.07. The zero-order valence-electron chi connectivity index (χ0n) is 18.3. The van der Waals surface area contributed by atoms with Gasteiger partial charge in [-0.3, -0.25) is 4.79 Å². The molecule has 1 aliphatic rings. The van der Waals surface area contributed by atoms with E-state index in [9.17, 15) is 14.4 Å². The third-order valence-electron chi connectivity index (χ3n) is 4.80. The summed E-state index contributed by atoms with van der Waals surface area (Å²) >= 11 is 0. The topological polar surface area (TPSA) is 84.9 Å². The van der Waals surface area contributed by atoms with E-state index in [1.807, 2.05) is 51.1 Å². The summed E-state index contributed by atoms with van der Waals surface area (Å²) in [5.74, 6) is -0.497. The lowest BCUT2D eigenvalue weighted by atomic mass is 10.1. The summed E-state index contributed by atoms with van der Waals surface area (Å²) in [4.78, 5) is 38.6. The number of carbonyl (C=O) groups excluding carboxylic acids is 3. The molecule has 2 amide bonds. The van der Waals surface area contributed by atoms with Crippen LogP contribution >= 0.6 is 0 Å². The molecule has 7 nitrogen and oxygen atoms in total. The van der Waals surface area contributed by atoms with E-state index < -0.39 is 17.7 Å². The van der Waals surface area contributed by atoms with Crippen molar-refractivity contribution in [3.63, 3.8) is 0 Å². The zero-order valence-corrected chi connectivity index (χ0v) is 18.3. The van der Waals surface area contributed by atoms with Gasteiger partial charge in [-0.1, -0.05) is 30.3 Å². The van der Waals surface area contributed by atoms with Crippen LogP contribution in [0.5, 0.6) is 0 Å². The minimum Gasteiger partial charge on any atom is -0.456 e. The number of alkyl carbamates (subject to hydrolysis) is 1. The number of nitrogens with one attached hydrogen (secondary N) is 1. The van der Waals surface area contributed by atoms with Crippen molar-refractivity contribution in [3.8, 4) is 0 Å². The number of hydrogen-bond donors (Lipinski definition) is 1. The number of rotatable bonds is 5. The van der Waals surface area contributed by atoms with Crippen LogP contribution in [0, 0.1) is 6.92 Å². The molecule has 2 aromatic rings. The van der Waals surface area contributed by atoms with Gasteiger partial charge in [0.15, 0.2) is 0 Å². The summed E-state index contributed by atoms with van der Waals surface area (Å²) in [5.41, 5.74) is 2.17. The van der Waals surface area contributed by atoms with Crippen LogP contribution < -0.4 is 10.2 Å². The Hall–Kier alpha value is -3.35. The minimum atomic E-state index is -0.582. The highest BCUT2D eigenvalue weighted by Crippen LogP contribution is 2.25. The summed E-state index contributed by atoms with van der Waals surface area (Å²) in [7, 11) is 0. The van der Waals surface area contributed by atoms with Crippen molar-refractivity contribution in [2.75, 3.05) is 11.4 Å². The van der Waals surface area contributed by atoms with Crippen LogP contribution in [0.3, 0.4) is 0 Å². The Morgan fingerprint density at radius 1 is 1.13 bits per heavy atom. The van der Waals surface area contributed by atoms with Gasteiger partial charge in [-0.2, -0.15) is 0 Å². The summed E-state index contributed by atoms with van der Waals surface area (Å²) < 4.78 is 10.7. The molecule has 0 unspecified atom stereocenters. The maximum atomic E-state index is 12.5. The predicted octanol–water partition coefficient (Wildman–Crippen LogP) is 3.98. The summed E-state index contributed by atoms with van der Waals surface area (Å²) in [6.07, 6.45) is -0.368. The first kappa shape index (κ1) is 22.3. The Kier molecular flexibility index (Phi) is 6.63. The molecule has 0 aliphatic carbocycles. The lowest BCUT2D eigenvalue weighted by molar-refractivity contribution is -0.117. The first-order valence-electron chi connectivity index (χ1n) is 10.2. The number of esters is 1. The average Bonchev–Trinajstić information content (AvgIpc) is 3.05. The van der Waals surface area contributed by atoms with Gasteiger partial charge in [-0.05, 0) is 57.0 Å². The van der Waals surface area contributed by atoms with Crippen LogP contribution in [-0.2, 0) is 20.9 Å². The number of hydrogen-bond acceptors (Lipinski definition) is 5. The average molecular weight is 424 g/mol. The quantitative estimate of drug-likeness (QED) is 0.734.